The third-order valence-electron chi connectivity index (χ3n) is 6.90. The molecule has 3 aliphatic rings. The van der Waals surface area contributed by atoms with Crippen LogP contribution in [0.4, 0.5) is 14.5 Å². The van der Waals surface area contributed by atoms with Crippen molar-refractivity contribution in [1.82, 2.24) is 4.57 Å². The minimum absolute atomic E-state index is 0.00301. The predicted octanol–water partition coefficient (Wildman–Crippen LogP) is 2.88. The minimum Gasteiger partial charge on any atom is -0.477 e. The maximum atomic E-state index is 15.7. The highest BCUT2D eigenvalue weighted by atomic mass is 19.1. The Balaban J connectivity index is 1.68. The van der Waals surface area contributed by atoms with Gasteiger partial charge in [-0.3, -0.25) is 4.79 Å². The normalized spacial score (nSPS) is 26.7. The van der Waals surface area contributed by atoms with E-state index in [2.05, 4.69) is 0 Å². The van der Waals surface area contributed by atoms with Crippen LogP contribution in [0.3, 0.4) is 0 Å². The fourth-order valence-electron chi connectivity index (χ4n) is 5.21. The monoisotopic (exact) mass is 403 g/mol. The van der Waals surface area contributed by atoms with Crippen molar-refractivity contribution in [1.29, 1.82) is 0 Å². The van der Waals surface area contributed by atoms with Crippen LogP contribution in [0.5, 0.6) is 0 Å². The van der Waals surface area contributed by atoms with Crippen LogP contribution in [0.2, 0.25) is 0 Å². The van der Waals surface area contributed by atoms with Crippen LogP contribution in [-0.2, 0) is 0 Å². The molecule has 0 spiro atoms. The van der Waals surface area contributed by atoms with Gasteiger partial charge in [-0.05, 0) is 50.0 Å². The van der Waals surface area contributed by atoms with Crippen molar-refractivity contribution < 1.29 is 18.7 Å². The highest BCUT2D eigenvalue weighted by Crippen LogP contribution is 2.42. The number of hydrogen-bond acceptors (Lipinski definition) is 4. The predicted molar refractivity (Wildman–Crippen MR) is 104 cm³/mol. The first kappa shape index (κ1) is 18.5. The molecule has 1 aliphatic heterocycles. The van der Waals surface area contributed by atoms with Crippen molar-refractivity contribution in [3.05, 3.63) is 39.7 Å². The molecule has 154 valence electrons. The van der Waals surface area contributed by atoms with Crippen molar-refractivity contribution in [2.45, 2.75) is 44.2 Å². The summed E-state index contributed by atoms with van der Waals surface area (Å²) in [5.74, 6) is -2.31. The number of benzene rings is 1. The van der Waals surface area contributed by atoms with Crippen molar-refractivity contribution in [2.24, 2.45) is 17.6 Å². The third-order valence-corrected chi connectivity index (χ3v) is 6.90. The number of nitrogens with zero attached hydrogens (tertiary/aromatic N) is 2. The fraction of sp³-hybridized carbons (Fsp3) is 0.524. The number of piperidine rings is 1. The summed E-state index contributed by atoms with van der Waals surface area (Å²) in [7, 11) is 0. The van der Waals surface area contributed by atoms with Crippen LogP contribution >= 0.6 is 0 Å². The molecule has 1 saturated heterocycles. The molecule has 0 amide bonds. The Hall–Kier alpha value is -2.48. The van der Waals surface area contributed by atoms with E-state index in [1.54, 1.807) is 4.90 Å². The molecule has 3 atom stereocenters. The second kappa shape index (κ2) is 6.52. The number of halogens is 2. The molecule has 1 aromatic heterocycles. The second-order valence-electron chi connectivity index (χ2n) is 8.63. The molecule has 3 N–H and O–H groups in total. The van der Waals surface area contributed by atoms with Gasteiger partial charge in [0.15, 0.2) is 5.82 Å². The summed E-state index contributed by atoms with van der Waals surface area (Å²) in [6, 6.07) is 0.970. The van der Waals surface area contributed by atoms with Crippen molar-refractivity contribution in [2.75, 3.05) is 18.0 Å². The number of nitrogens with two attached hydrogens (primary N) is 1. The molecule has 1 aromatic carbocycles. The van der Waals surface area contributed by atoms with E-state index in [4.69, 9.17) is 5.73 Å². The average Bonchev–Trinajstić information content (AvgIpc) is 3.46. The summed E-state index contributed by atoms with van der Waals surface area (Å²) in [4.78, 5) is 25.8. The van der Waals surface area contributed by atoms with Gasteiger partial charge in [0.25, 0.3) is 0 Å². The van der Waals surface area contributed by atoms with Gasteiger partial charge in [0.1, 0.15) is 17.1 Å². The molecule has 2 aliphatic carbocycles. The van der Waals surface area contributed by atoms with Crippen molar-refractivity contribution in [3.8, 4) is 0 Å². The van der Waals surface area contributed by atoms with Gasteiger partial charge in [-0.2, -0.15) is 0 Å². The van der Waals surface area contributed by atoms with E-state index in [0.29, 0.717) is 19.0 Å². The number of pyridine rings is 1. The lowest BCUT2D eigenvalue weighted by Crippen LogP contribution is -2.45. The van der Waals surface area contributed by atoms with Crippen LogP contribution < -0.4 is 16.1 Å². The van der Waals surface area contributed by atoms with Gasteiger partial charge in [-0.1, -0.05) is 0 Å². The number of carboxylic acids is 1. The van der Waals surface area contributed by atoms with E-state index >= 15 is 8.78 Å². The summed E-state index contributed by atoms with van der Waals surface area (Å²) < 4.78 is 32.3. The van der Waals surface area contributed by atoms with Gasteiger partial charge in [0.05, 0.1) is 10.9 Å². The van der Waals surface area contributed by atoms with Crippen molar-refractivity contribution in [3.63, 3.8) is 0 Å². The maximum Gasteiger partial charge on any atom is 0.341 e. The molecule has 3 fully saturated rings. The molecule has 0 bridgehead atoms. The first-order valence-electron chi connectivity index (χ1n) is 10.2. The number of anilines is 1. The molecule has 8 heteroatoms. The molecular weight excluding hydrogens is 380 g/mol. The topological polar surface area (TPSA) is 88.6 Å². The van der Waals surface area contributed by atoms with E-state index in [-0.39, 0.29) is 34.6 Å². The highest BCUT2D eigenvalue weighted by molar-refractivity contribution is 5.94. The van der Waals surface area contributed by atoms with Gasteiger partial charge in [0.2, 0.25) is 5.43 Å². The number of hydrogen-bond donors (Lipinski definition) is 2. The average molecular weight is 403 g/mol. The Kier molecular flexibility index (Phi) is 4.17. The lowest BCUT2D eigenvalue weighted by atomic mass is 9.86. The Bertz CT molecular complexity index is 1080. The molecule has 2 heterocycles. The number of fused-ring (bicyclic) bond motifs is 2. The van der Waals surface area contributed by atoms with Crippen LogP contribution in [0, 0.1) is 23.5 Å². The first-order chi connectivity index (χ1) is 13.9. The Morgan fingerprint density at radius 1 is 1.17 bits per heavy atom. The Morgan fingerprint density at radius 2 is 1.93 bits per heavy atom. The van der Waals surface area contributed by atoms with Crippen LogP contribution in [0.15, 0.2) is 17.1 Å². The standard InChI is InChI=1S/C21H23F2N3O3/c22-15-7-12-18(26(11-2-3-11)9-14(20(12)27)21(28)29)17(23)19(15)25-6-5-10-1-4-16(24)13(10)8-25/h7,9-11,13,16H,1-6,8,24H2,(H,28,29)/t10-,13-,16+/m0/s1. The van der Waals surface area contributed by atoms with Gasteiger partial charge < -0.3 is 20.3 Å². The second-order valence-corrected chi connectivity index (χ2v) is 8.63. The quantitative estimate of drug-likeness (QED) is 0.823. The van der Waals surface area contributed by atoms with Gasteiger partial charge in [-0.15, -0.1) is 0 Å². The lowest BCUT2D eigenvalue weighted by molar-refractivity contribution is 0.0695. The molecule has 29 heavy (non-hydrogen) atoms. The molecular formula is C21H23F2N3O3. The van der Waals surface area contributed by atoms with Gasteiger partial charge in [0, 0.05) is 31.4 Å². The van der Waals surface area contributed by atoms with E-state index in [1.165, 1.54) is 10.8 Å². The zero-order valence-corrected chi connectivity index (χ0v) is 15.9. The molecule has 5 rings (SSSR count). The van der Waals surface area contributed by atoms with Crippen LogP contribution in [0.1, 0.15) is 48.5 Å². The van der Waals surface area contributed by atoms with E-state index in [1.807, 2.05) is 0 Å². The summed E-state index contributed by atoms with van der Waals surface area (Å²) in [5.41, 5.74) is 4.76. The zero-order valence-electron chi connectivity index (χ0n) is 15.9. The minimum atomic E-state index is -1.39. The molecule has 0 radical (unpaired) electrons. The Labute approximate surface area is 165 Å². The number of carbonyl (C=O) groups is 1. The zero-order chi connectivity index (χ0) is 20.4. The van der Waals surface area contributed by atoms with Gasteiger partial charge >= 0.3 is 5.97 Å². The SMILES string of the molecule is N[C@@H]1CC[C@H]2CCN(c3c(F)cc4c(=O)c(C(=O)O)cn(C5CC5)c4c3F)C[C@@H]21. The summed E-state index contributed by atoms with van der Waals surface area (Å²) in [5, 5.41) is 9.12. The number of aromatic carboxylic acids is 1. The van der Waals surface area contributed by atoms with E-state index in [0.717, 1.165) is 38.2 Å². The van der Waals surface area contributed by atoms with Gasteiger partial charge in [-0.25, -0.2) is 13.6 Å². The number of carboxylic acid groups (broad SMARTS) is 1. The summed E-state index contributed by atoms with van der Waals surface area (Å²) in [6.45, 7) is 1.03. The number of rotatable bonds is 3. The first-order valence-corrected chi connectivity index (χ1v) is 10.2. The molecule has 2 aromatic rings. The third kappa shape index (κ3) is 2.84. The number of aromatic nitrogens is 1. The lowest BCUT2D eigenvalue weighted by Gasteiger charge is -2.38. The molecule has 0 unspecified atom stereocenters. The van der Waals surface area contributed by atoms with Crippen LogP contribution in [-0.4, -0.2) is 34.8 Å². The van der Waals surface area contributed by atoms with E-state index < -0.39 is 28.6 Å². The molecule has 2 saturated carbocycles. The van der Waals surface area contributed by atoms with E-state index in [9.17, 15) is 14.7 Å². The van der Waals surface area contributed by atoms with Crippen LogP contribution in [0.25, 0.3) is 10.9 Å². The van der Waals surface area contributed by atoms with Crippen molar-refractivity contribution >= 4 is 22.6 Å². The Morgan fingerprint density at radius 3 is 2.62 bits per heavy atom. The fourth-order valence-corrected chi connectivity index (χ4v) is 5.21. The summed E-state index contributed by atoms with van der Waals surface area (Å²) in [6.07, 6.45) is 5.57. The molecule has 6 nitrogen and oxygen atoms in total. The smallest absolute Gasteiger partial charge is 0.341 e. The summed E-state index contributed by atoms with van der Waals surface area (Å²) >= 11 is 0. The maximum absolute atomic E-state index is 15.7. The largest absolute Gasteiger partial charge is 0.477 e. The highest BCUT2D eigenvalue weighted by Gasteiger charge is 2.40.